The molecular formula is C15H25NO4. The summed E-state index contributed by atoms with van der Waals surface area (Å²) in [5.41, 5.74) is 0. The van der Waals surface area contributed by atoms with E-state index in [2.05, 4.69) is 4.90 Å². The molecule has 2 saturated carbocycles. The van der Waals surface area contributed by atoms with Crippen molar-refractivity contribution in [2.45, 2.75) is 63.4 Å². The summed E-state index contributed by atoms with van der Waals surface area (Å²) in [6.07, 6.45) is 6.89. The molecule has 3 rings (SSSR count). The van der Waals surface area contributed by atoms with Gasteiger partial charge in [0.25, 0.3) is 0 Å². The van der Waals surface area contributed by atoms with E-state index in [4.69, 9.17) is 14.2 Å². The van der Waals surface area contributed by atoms with Gasteiger partial charge in [-0.25, -0.2) is 0 Å². The Kier molecular flexibility index (Phi) is 4.29. The first kappa shape index (κ1) is 14.3. The smallest absolute Gasteiger partial charge is 0.320 e. The first-order valence-corrected chi connectivity index (χ1v) is 7.92. The predicted octanol–water partition coefficient (Wildman–Crippen LogP) is 1.70. The summed E-state index contributed by atoms with van der Waals surface area (Å²) >= 11 is 0. The third-order valence-electron chi connectivity index (χ3n) is 4.42. The monoisotopic (exact) mass is 283 g/mol. The Morgan fingerprint density at radius 3 is 2.75 bits per heavy atom. The van der Waals surface area contributed by atoms with E-state index in [1.54, 1.807) is 0 Å². The normalized spacial score (nSPS) is 28.4. The molecular weight excluding hydrogens is 258 g/mol. The van der Waals surface area contributed by atoms with Crippen molar-refractivity contribution in [3.05, 3.63) is 0 Å². The summed E-state index contributed by atoms with van der Waals surface area (Å²) in [4.78, 5) is 13.9. The van der Waals surface area contributed by atoms with E-state index >= 15 is 0 Å². The number of esters is 1. The molecule has 1 aliphatic heterocycles. The zero-order valence-electron chi connectivity index (χ0n) is 12.3. The summed E-state index contributed by atoms with van der Waals surface area (Å²) in [6, 6.07) is 0.531. The van der Waals surface area contributed by atoms with Crippen molar-refractivity contribution in [1.29, 1.82) is 0 Å². The van der Waals surface area contributed by atoms with E-state index in [1.807, 2.05) is 6.92 Å². The molecule has 5 heteroatoms. The van der Waals surface area contributed by atoms with Crippen LogP contribution in [0.4, 0.5) is 0 Å². The maximum Gasteiger partial charge on any atom is 0.320 e. The van der Waals surface area contributed by atoms with Gasteiger partial charge in [-0.2, -0.15) is 0 Å². The Morgan fingerprint density at radius 2 is 2.10 bits per heavy atom. The highest BCUT2D eigenvalue weighted by molar-refractivity contribution is 5.71. The minimum Gasteiger partial charge on any atom is -0.465 e. The van der Waals surface area contributed by atoms with Crippen molar-refractivity contribution in [3.8, 4) is 0 Å². The summed E-state index contributed by atoms with van der Waals surface area (Å²) in [5, 5.41) is 0. The zero-order valence-corrected chi connectivity index (χ0v) is 12.3. The molecule has 0 aromatic rings. The molecule has 1 heterocycles. The number of ether oxygens (including phenoxy) is 3. The molecule has 0 radical (unpaired) electrons. The van der Waals surface area contributed by atoms with Gasteiger partial charge in [-0.3, -0.25) is 9.69 Å². The second-order valence-electron chi connectivity index (χ2n) is 6.13. The standard InChI is InChI=1S/C15H25NO4/c1-2-18-14(17)10-16(12-5-6-12)9-13-11-19-15(20-13)7-3-4-8-15/h12-13H,2-11H2,1H3. The van der Waals surface area contributed by atoms with Crippen molar-refractivity contribution in [2.75, 3.05) is 26.3 Å². The molecule has 5 nitrogen and oxygen atoms in total. The van der Waals surface area contributed by atoms with Gasteiger partial charge >= 0.3 is 5.97 Å². The summed E-state index contributed by atoms with van der Waals surface area (Å²) < 4.78 is 17.1. The quantitative estimate of drug-likeness (QED) is 0.694. The van der Waals surface area contributed by atoms with Crippen LogP contribution in [0.5, 0.6) is 0 Å². The van der Waals surface area contributed by atoms with Gasteiger partial charge in [-0.05, 0) is 32.6 Å². The number of carbonyl (C=O) groups excluding carboxylic acids is 1. The number of rotatable bonds is 6. The first-order valence-electron chi connectivity index (χ1n) is 7.92. The SMILES string of the molecule is CCOC(=O)CN(CC1COC2(CCCC2)O1)C1CC1. The third-order valence-corrected chi connectivity index (χ3v) is 4.42. The van der Waals surface area contributed by atoms with Crippen LogP contribution in [0, 0.1) is 0 Å². The average Bonchev–Trinajstić information content (AvgIpc) is 3.06. The highest BCUT2D eigenvalue weighted by atomic mass is 16.7. The highest BCUT2D eigenvalue weighted by Gasteiger charge is 2.45. The van der Waals surface area contributed by atoms with Crippen LogP contribution >= 0.6 is 0 Å². The molecule has 2 aliphatic carbocycles. The van der Waals surface area contributed by atoms with Crippen LogP contribution in [0.15, 0.2) is 0 Å². The molecule has 1 atom stereocenters. The number of carbonyl (C=O) groups is 1. The summed E-state index contributed by atoms with van der Waals surface area (Å²) in [6.45, 7) is 4.11. The van der Waals surface area contributed by atoms with E-state index in [9.17, 15) is 4.79 Å². The third kappa shape index (κ3) is 3.32. The van der Waals surface area contributed by atoms with Crippen molar-refractivity contribution in [3.63, 3.8) is 0 Å². The van der Waals surface area contributed by atoms with Crippen molar-refractivity contribution < 1.29 is 19.0 Å². The Balaban J connectivity index is 1.51. The maximum atomic E-state index is 11.7. The van der Waals surface area contributed by atoms with E-state index in [1.165, 1.54) is 25.7 Å². The second-order valence-corrected chi connectivity index (χ2v) is 6.13. The topological polar surface area (TPSA) is 48.0 Å². The lowest BCUT2D eigenvalue weighted by molar-refractivity contribution is -0.164. The summed E-state index contributed by atoms with van der Waals surface area (Å²) in [7, 11) is 0. The van der Waals surface area contributed by atoms with Gasteiger partial charge in [0.15, 0.2) is 5.79 Å². The van der Waals surface area contributed by atoms with Gasteiger partial charge < -0.3 is 14.2 Å². The molecule has 0 aromatic heterocycles. The van der Waals surface area contributed by atoms with E-state index in [0.29, 0.717) is 25.8 Å². The molecule has 20 heavy (non-hydrogen) atoms. The molecule has 114 valence electrons. The summed E-state index contributed by atoms with van der Waals surface area (Å²) in [5.74, 6) is -0.432. The van der Waals surface area contributed by atoms with Gasteiger partial charge in [-0.15, -0.1) is 0 Å². The molecule has 3 aliphatic rings. The fraction of sp³-hybridized carbons (Fsp3) is 0.933. The van der Waals surface area contributed by atoms with Crippen molar-refractivity contribution in [2.24, 2.45) is 0 Å². The van der Waals surface area contributed by atoms with Gasteiger partial charge in [0.2, 0.25) is 0 Å². The Bertz CT molecular complexity index is 350. The number of hydrogen-bond donors (Lipinski definition) is 0. The lowest BCUT2D eigenvalue weighted by Crippen LogP contribution is -2.40. The minimum atomic E-state index is -0.302. The number of nitrogens with zero attached hydrogens (tertiary/aromatic N) is 1. The Hall–Kier alpha value is -0.650. The fourth-order valence-corrected chi connectivity index (χ4v) is 3.30. The van der Waals surface area contributed by atoms with Gasteiger partial charge in [-0.1, -0.05) is 0 Å². The van der Waals surface area contributed by atoms with E-state index in [0.717, 1.165) is 19.4 Å². The average molecular weight is 283 g/mol. The van der Waals surface area contributed by atoms with Crippen LogP contribution in [-0.4, -0.2) is 55.1 Å². The molecule has 0 N–H and O–H groups in total. The highest BCUT2D eigenvalue weighted by Crippen LogP contribution is 2.39. The second kappa shape index (κ2) is 6.00. The van der Waals surface area contributed by atoms with E-state index < -0.39 is 0 Å². The predicted molar refractivity (Wildman–Crippen MR) is 73.3 cm³/mol. The molecule has 0 amide bonds. The Labute approximate surface area is 120 Å². The van der Waals surface area contributed by atoms with Crippen molar-refractivity contribution >= 4 is 5.97 Å². The molecule has 0 aromatic carbocycles. The minimum absolute atomic E-state index is 0.100. The number of hydrogen-bond acceptors (Lipinski definition) is 5. The van der Waals surface area contributed by atoms with Gasteiger partial charge in [0.05, 0.1) is 25.9 Å². The van der Waals surface area contributed by atoms with Crippen LogP contribution in [-0.2, 0) is 19.0 Å². The van der Waals surface area contributed by atoms with Gasteiger partial charge in [0.1, 0.15) is 0 Å². The van der Waals surface area contributed by atoms with Crippen LogP contribution in [0.3, 0.4) is 0 Å². The molecule has 1 saturated heterocycles. The fourth-order valence-electron chi connectivity index (χ4n) is 3.30. The van der Waals surface area contributed by atoms with Gasteiger partial charge in [0, 0.05) is 25.4 Å². The maximum absolute atomic E-state index is 11.7. The van der Waals surface area contributed by atoms with Crippen LogP contribution in [0.25, 0.3) is 0 Å². The van der Waals surface area contributed by atoms with Crippen LogP contribution in [0.2, 0.25) is 0 Å². The Morgan fingerprint density at radius 1 is 1.35 bits per heavy atom. The lowest BCUT2D eigenvalue weighted by atomic mass is 10.2. The molecule has 0 bridgehead atoms. The zero-order chi connectivity index (χ0) is 14.0. The van der Waals surface area contributed by atoms with Crippen LogP contribution < -0.4 is 0 Å². The first-order chi connectivity index (χ1) is 9.71. The lowest BCUT2D eigenvalue weighted by Gasteiger charge is -2.26. The van der Waals surface area contributed by atoms with E-state index in [-0.39, 0.29) is 17.9 Å². The van der Waals surface area contributed by atoms with Crippen LogP contribution in [0.1, 0.15) is 45.4 Å². The molecule has 1 unspecified atom stereocenters. The van der Waals surface area contributed by atoms with Crippen molar-refractivity contribution in [1.82, 2.24) is 4.90 Å². The molecule has 1 spiro atoms. The molecule has 3 fully saturated rings. The largest absolute Gasteiger partial charge is 0.465 e.